The quantitative estimate of drug-likeness (QED) is 0.450. The Morgan fingerprint density at radius 1 is 1.00 bits per heavy atom. The molecule has 2 saturated heterocycles. The van der Waals surface area contributed by atoms with Crippen LogP contribution in [0.2, 0.25) is 0 Å². The van der Waals surface area contributed by atoms with Gasteiger partial charge in [-0.2, -0.15) is 0 Å². The summed E-state index contributed by atoms with van der Waals surface area (Å²) in [5, 5.41) is 6.96. The molecule has 2 aromatic rings. The van der Waals surface area contributed by atoms with Crippen LogP contribution in [0.5, 0.6) is 5.75 Å². The molecule has 2 N–H and O–H groups in total. The molecule has 0 saturated carbocycles. The van der Waals surface area contributed by atoms with Gasteiger partial charge in [-0.05, 0) is 68.5 Å². The fourth-order valence-corrected chi connectivity index (χ4v) is 4.81. The highest BCUT2D eigenvalue weighted by molar-refractivity contribution is 5.79. The summed E-state index contributed by atoms with van der Waals surface area (Å²) in [7, 11) is 1.74. The molecule has 2 fully saturated rings. The van der Waals surface area contributed by atoms with Crippen molar-refractivity contribution in [3.05, 3.63) is 59.7 Å². The minimum Gasteiger partial charge on any atom is -0.495 e. The zero-order valence-electron chi connectivity index (χ0n) is 20.2. The zero-order valence-corrected chi connectivity index (χ0v) is 20.2. The molecule has 2 heterocycles. The van der Waals surface area contributed by atoms with Gasteiger partial charge in [-0.15, -0.1) is 0 Å². The lowest BCUT2D eigenvalue weighted by molar-refractivity contribution is 0.331. The number of ether oxygens (including phenoxy) is 1. The van der Waals surface area contributed by atoms with Crippen molar-refractivity contribution in [3.8, 4) is 5.75 Å². The lowest BCUT2D eigenvalue weighted by Gasteiger charge is -2.21. The van der Waals surface area contributed by atoms with E-state index in [0.29, 0.717) is 12.5 Å². The van der Waals surface area contributed by atoms with Gasteiger partial charge in [-0.3, -0.25) is 4.90 Å². The fourth-order valence-electron chi connectivity index (χ4n) is 4.81. The molecule has 0 bridgehead atoms. The van der Waals surface area contributed by atoms with Crippen molar-refractivity contribution in [1.29, 1.82) is 0 Å². The highest BCUT2D eigenvalue weighted by Gasteiger charge is 2.24. The second-order valence-corrected chi connectivity index (χ2v) is 9.15. The van der Waals surface area contributed by atoms with E-state index < -0.39 is 0 Å². The molecule has 2 aromatic carbocycles. The molecule has 6 heteroatoms. The highest BCUT2D eigenvalue weighted by Crippen LogP contribution is 2.31. The Morgan fingerprint density at radius 3 is 2.52 bits per heavy atom. The molecular weight excluding hydrogens is 410 g/mol. The number of hydrogen-bond donors (Lipinski definition) is 2. The highest BCUT2D eigenvalue weighted by atomic mass is 16.5. The predicted octanol–water partition coefficient (Wildman–Crippen LogP) is 3.87. The molecule has 178 valence electrons. The van der Waals surface area contributed by atoms with Gasteiger partial charge < -0.3 is 20.3 Å². The zero-order chi connectivity index (χ0) is 22.9. The summed E-state index contributed by atoms with van der Waals surface area (Å²) in [4.78, 5) is 9.80. The van der Waals surface area contributed by atoms with E-state index in [0.717, 1.165) is 44.4 Å². The molecule has 0 amide bonds. The topological polar surface area (TPSA) is 52.1 Å². The lowest BCUT2D eigenvalue weighted by Crippen LogP contribution is -2.40. The van der Waals surface area contributed by atoms with Crippen LogP contribution in [-0.4, -0.2) is 57.2 Å². The average Bonchev–Trinajstić information content (AvgIpc) is 3.54. The normalized spacial score (nSPS) is 19.2. The fraction of sp³-hybridized carbons (Fsp3) is 0.519. The molecule has 33 heavy (non-hydrogen) atoms. The van der Waals surface area contributed by atoms with Crippen molar-refractivity contribution in [2.75, 3.05) is 51.3 Å². The number of aliphatic imine (C=N–C) groups is 1. The van der Waals surface area contributed by atoms with Crippen LogP contribution in [0.3, 0.4) is 0 Å². The maximum absolute atomic E-state index is 5.55. The molecule has 0 aliphatic carbocycles. The Kier molecular flexibility index (Phi) is 8.47. The summed E-state index contributed by atoms with van der Waals surface area (Å²) in [5.41, 5.74) is 3.84. The number of benzene rings is 2. The van der Waals surface area contributed by atoms with Crippen molar-refractivity contribution in [2.24, 2.45) is 10.9 Å². The molecular formula is C27H39N5O. The van der Waals surface area contributed by atoms with Crippen LogP contribution in [-0.2, 0) is 13.1 Å². The summed E-state index contributed by atoms with van der Waals surface area (Å²) < 4.78 is 5.55. The number of likely N-dealkylation sites (tertiary alicyclic amines) is 1. The Bertz CT molecular complexity index is 892. The van der Waals surface area contributed by atoms with Gasteiger partial charge in [-0.25, -0.2) is 4.99 Å². The van der Waals surface area contributed by atoms with Crippen LogP contribution < -0.4 is 20.3 Å². The van der Waals surface area contributed by atoms with E-state index in [1.165, 1.54) is 49.2 Å². The summed E-state index contributed by atoms with van der Waals surface area (Å²) in [6, 6.07) is 17.3. The van der Waals surface area contributed by atoms with Gasteiger partial charge in [0.05, 0.1) is 19.3 Å². The lowest BCUT2D eigenvalue weighted by atomic mass is 10.1. The van der Waals surface area contributed by atoms with Crippen LogP contribution in [0.1, 0.15) is 37.3 Å². The number of methoxy groups -OCH3 is 1. The molecule has 1 unspecified atom stereocenters. The SMILES string of the molecule is CCNC(=NCc1ccc(CN2CCCC2)cc1)NCC1CCN(c2ccccc2OC)C1. The largest absolute Gasteiger partial charge is 0.495 e. The van der Waals surface area contributed by atoms with Crippen LogP contribution in [0.4, 0.5) is 5.69 Å². The summed E-state index contributed by atoms with van der Waals surface area (Å²) in [5.74, 6) is 2.44. The van der Waals surface area contributed by atoms with E-state index in [1.54, 1.807) is 7.11 Å². The summed E-state index contributed by atoms with van der Waals surface area (Å²) in [6.07, 6.45) is 3.85. The van der Waals surface area contributed by atoms with Crippen LogP contribution in [0, 0.1) is 5.92 Å². The first-order chi connectivity index (χ1) is 16.2. The molecule has 6 nitrogen and oxygen atoms in total. The Labute approximate surface area is 199 Å². The van der Waals surface area contributed by atoms with E-state index >= 15 is 0 Å². The smallest absolute Gasteiger partial charge is 0.191 e. The Morgan fingerprint density at radius 2 is 1.76 bits per heavy atom. The third kappa shape index (κ3) is 6.64. The predicted molar refractivity (Wildman–Crippen MR) is 137 cm³/mol. The molecule has 2 aliphatic rings. The van der Waals surface area contributed by atoms with Gasteiger partial charge in [-0.1, -0.05) is 36.4 Å². The van der Waals surface area contributed by atoms with Gasteiger partial charge in [0.15, 0.2) is 5.96 Å². The number of nitrogens with one attached hydrogen (secondary N) is 2. The maximum atomic E-state index is 5.55. The van der Waals surface area contributed by atoms with Crippen LogP contribution >= 0.6 is 0 Å². The van der Waals surface area contributed by atoms with Crippen molar-refractivity contribution in [3.63, 3.8) is 0 Å². The first-order valence-corrected chi connectivity index (χ1v) is 12.5. The van der Waals surface area contributed by atoms with Gasteiger partial charge >= 0.3 is 0 Å². The summed E-state index contributed by atoms with van der Waals surface area (Å²) in [6.45, 7) is 10.2. The molecule has 2 aliphatic heterocycles. The van der Waals surface area contributed by atoms with E-state index in [9.17, 15) is 0 Å². The molecule has 1 atom stereocenters. The van der Waals surface area contributed by atoms with E-state index in [-0.39, 0.29) is 0 Å². The van der Waals surface area contributed by atoms with Gasteiger partial charge in [0, 0.05) is 32.7 Å². The van der Waals surface area contributed by atoms with Crippen LogP contribution in [0.25, 0.3) is 0 Å². The standard InChI is InChI=1S/C27H39N5O/c1-3-28-27(29-18-22-10-12-23(13-11-22)20-31-15-6-7-16-31)30-19-24-14-17-32(21-24)25-8-4-5-9-26(25)33-2/h4-5,8-13,24H,3,6-7,14-21H2,1-2H3,(H2,28,29,30). The Hall–Kier alpha value is -2.73. The third-order valence-electron chi connectivity index (χ3n) is 6.66. The van der Waals surface area contributed by atoms with Gasteiger partial charge in [0.2, 0.25) is 0 Å². The van der Waals surface area contributed by atoms with Crippen molar-refractivity contribution >= 4 is 11.6 Å². The molecule has 0 radical (unpaired) electrons. The number of hydrogen-bond acceptors (Lipinski definition) is 4. The molecule has 4 rings (SSSR count). The minimum absolute atomic E-state index is 0.587. The number of nitrogens with zero attached hydrogens (tertiary/aromatic N) is 3. The second kappa shape index (κ2) is 11.9. The number of anilines is 1. The maximum Gasteiger partial charge on any atom is 0.191 e. The molecule has 0 spiro atoms. The van der Waals surface area contributed by atoms with Gasteiger partial charge in [0.25, 0.3) is 0 Å². The first-order valence-electron chi connectivity index (χ1n) is 12.5. The summed E-state index contributed by atoms with van der Waals surface area (Å²) >= 11 is 0. The number of guanidine groups is 1. The van der Waals surface area contributed by atoms with Crippen molar-refractivity contribution in [2.45, 2.75) is 39.3 Å². The van der Waals surface area contributed by atoms with Gasteiger partial charge in [0.1, 0.15) is 5.75 Å². The van der Waals surface area contributed by atoms with E-state index in [2.05, 4.69) is 63.8 Å². The first kappa shape index (κ1) is 23.4. The third-order valence-corrected chi connectivity index (χ3v) is 6.66. The second-order valence-electron chi connectivity index (χ2n) is 9.15. The van der Waals surface area contributed by atoms with Crippen molar-refractivity contribution in [1.82, 2.24) is 15.5 Å². The van der Waals surface area contributed by atoms with E-state index in [4.69, 9.17) is 9.73 Å². The minimum atomic E-state index is 0.587. The Balaban J connectivity index is 1.27. The van der Waals surface area contributed by atoms with Crippen LogP contribution in [0.15, 0.2) is 53.5 Å². The number of rotatable bonds is 9. The number of para-hydroxylation sites is 2. The average molecular weight is 450 g/mol. The monoisotopic (exact) mass is 449 g/mol. The van der Waals surface area contributed by atoms with Crippen molar-refractivity contribution < 1.29 is 4.74 Å². The molecule has 0 aromatic heterocycles. The van der Waals surface area contributed by atoms with E-state index in [1.807, 2.05) is 12.1 Å².